The number of nitro groups is 1. The molecular formula is C10H6IN3O3. The van der Waals surface area contributed by atoms with Crippen LogP contribution in [0.3, 0.4) is 0 Å². The molecule has 0 aliphatic rings. The monoisotopic (exact) mass is 343 g/mol. The van der Waals surface area contributed by atoms with Gasteiger partial charge in [-0.05, 0) is 28.7 Å². The average molecular weight is 343 g/mol. The Kier molecular flexibility index (Phi) is 3.47. The third-order valence-electron chi connectivity index (χ3n) is 1.84. The van der Waals surface area contributed by atoms with E-state index < -0.39 is 4.92 Å². The summed E-state index contributed by atoms with van der Waals surface area (Å²) in [5.41, 5.74) is -0.0104. The van der Waals surface area contributed by atoms with Gasteiger partial charge in [0.1, 0.15) is 12.1 Å². The molecule has 0 aliphatic carbocycles. The second kappa shape index (κ2) is 5.04. The molecule has 0 saturated heterocycles. The number of aromatic nitrogens is 2. The van der Waals surface area contributed by atoms with Crippen LogP contribution >= 0.6 is 22.6 Å². The van der Waals surface area contributed by atoms with Gasteiger partial charge in [0.25, 0.3) is 5.69 Å². The molecule has 0 atom stereocenters. The fourth-order valence-electron chi connectivity index (χ4n) is 1.19. The van der Waals surface area contributed by atoms with E-state index in [0.29, 0.717) is 11.5 Å². The summed E-state index contributed by atoms with van der Waals surface area (Å²) in [5.74, 6) is 0.821. The summed E-state index contributed by atoms with van der Waals surface area (Å²) in [4.78, 5) is 17.8. The van der Waals surface area contributed by atoms with Gasteiger partial charge in [0.05, 0.1) is 23.4 Å². The topological polar surface area (TPSA) is 78.2 Å². The normalized spacial score (nSPS) is 9.94. The molecule has 1 aromatic heterocycles. The van der Waals surface area contributed by atoms with Gasteiger partial charge in [-0.2, -0.15) is 0 Å². The first-order chi connectivity index (χ1) is 8.15. The van der Waals surface area contributed by atoms with E-state index in [1.807, 2.05) is 22.6 Å². The van der Waals surface area contributed by atoms with Crippen LogP contribution in [0, 0.1) is 13.7 Å². The van der Waals surface area contributed by atoms with Crippen LogP contribution in [0.2, 0.25) is 0 Å². The molecule has 0 amide bonds. The number of benzene rings is 1. The zero-order chi connectivity index (χ0) is 12.3. The minimum absolute atomic E-state index is 0.0104. The highest BCUT2D eigenvalue weighted by Gasteiger charge is 2.10. The maximum atomic E-state index is 10.7. The molecule has 86 valence electrons. The summed E-state index contributed by atoms with van der Waals surface area (Å²) in [6.45, 7) is 0. The van der Waals surface area contributed by atoms with E-state index in [2.05, 4.69) is 9.97 Å². The second-order valence-corrected chi connectivity index (χ2v) is 4.32. The number of ether oxygens (including phenoxy) is 1. The van der Waals surface area contributed by atoms with Crippen molar-refractivity contribution in [3.05, 3.63) is 50.6 Å². The van der Waals surface area contributed by atoms with Crippen LogP contribution < -0.4 is 4.74 Å². The Bertz CT molecular complexity index is 548. The number of hydrogen-bond acceptors (Lipinski definition) is 5. The van der Waals surface area contributed by atoms with Crippen LogP contribution in [-0.2, 0) is 0 Å². The van der Waals surface area contributed by atoms with Gasteiger partial charge < -0.3 is 4.74 Å². The lowest BCUT2D eigenvalue weighted by Gasteiger charge is -2.04. The Labute approximate surface area is 110 Å². The molecule has 0 saturated carbocycles. The number of halogens is 1. The molecule has 0 fully saturated rings. The SMILES string of the molecule is O=[N+]([O-])c1cc(I)cc(Oc2cncnc2)c1. The Morgan fingerprint density at radius 1 is 1.18 bits per heavy atom. The molecule has 2 rings (SSSR count). The number of nitrogens with zero attached hydrogens (tertiary/aromatic N) is 3. The predicted molar refractivity (Wildman–Crippen MR) is 67.9 cm³/mol. The molecule has 1 aromatic carbocycles. The van der Waals surface area contributed by atoms with E-state index in [9.17, 15) is 10.1 Å². The van der Waals surface area contributed by atoms with Crippen molar-refractivity contribution in [2.24, 2.45) is 0 Å². The Morgan fingerprint density at radius 2 is 1.88 bits per heavy atom. The van der Waals surface area contributed by atoms with Gasteiger partial charge in [-0.25, -0.2) is 9.97 Å². The third kappa shape index (κ3) is 3.09. The van der Waals surface area contributed by atoms with E-state index in [-0.39, 0.29) is 5.69 Å². The molecule has 7 heteroatoms. The molecule has 0 radical (unpaired) electrons. The van der Waals surface area contributed by atoms with Crippen molar-refractivity contribution >= 4 is 28.3 Å². The molecule has 17 heavy (non-hydrogen) atoms. The summed E-state index contributed by atoms with van der Waals surface area (Å²) in [6, 6.07) is 4.52. The fraction of sp³-hybridized carbons (Fsp3) is 0. The summed E-state index contributed by atoms with van der Waals surface area (Å²) >= 11 is 1.99. The lowest BCUT2D eigenvalue weighted by atomic mass is 10.3. The zero-order valence-electron chi connectivity index (χ0n) is 8.41. The van der Waals surface area contributed by atoms with Crippen LogP contribution in [0.5, 0.6) is 11.5 Å². The summed E-state index contributed by atoms with van der Waals surface area (Å²) in [6.07, 6.45) is 4.35. The molecule has 1 heterocycles. The second-order valence-electron chi connectivity index (χ2n) is 3.08. The van der Waals surface area contributed by atoms with Gasteiger partial charge in [0.2, 0.25) is 0 Å². The lowest BCUT2D eigenvalue weighted by Crippen LogP contribution is -1.91. The molecule has 0 N–H and O–H groups in total. The van der Waals surface area contributed by atoms with E-state index >= 15 is 0 Å². The molecule has 6 nitrogen and oxygen atoms in total. The molecular weight excluding hydrogens is 337 g/mol. The van der Waals surface area contributed by atoms with Crippen molar-refractivity contribution in [3.63, 3.8) is 0 Å². The summed E-state index contributed by atoms with van der Waals surface area (Å²) in [5, 5.41) is 10.7. The highest BCUT2D eigenvalue weighted by Crippen LogP contribution is 2.27. The Balaban J connectivity index is 2.30. The molecule has 0 bridgehead atoms. The van der Waals surface area contributed by atoms with Crippen molar-refractivity contribution in [1.82, 2.24) is 9.97 Å². The zero-order valence-corrected chi connectivity index (χ0v) is 10.6. The van der Waals surface area contributed by atoms with Crippen LogP contribution in [-0.4, -0.2) is 14.9 Å². The number of hydrogen-bond donors (Lipinski definition) is 0. The van der Waals surface area contributed by atoms with Crippen LogP contribution in [0.1, 0.15) is 0 Å². The molecule has 2 aromatic rings. The van der Waals surface area contributed by atoms with Crippen molar-refractivity contribution in [1.29, 1.82) is 0 Å². The van der Waals surface area contributed by atoms with Crippen LogP contribution in [0.15, 0.2) is 36.9 Å². The smallest absolute Gasteiger partial charge is 0.274 e. The van der Waals surface area contributed by atoms with Gasteiger partial charge in [-0.1, -0.05) is 0 Å². The first kappa shape index (κ1) is 11.7. The number of non-ortho nitro benzene ring substituents is 1. The number of nitro benzene ring substituents is 1. The van der Waals surface area contributed by atoms with Gasteiger partial charge in [0.15, 0.2) is 5.75 Å². The Hall–Kier alpha value is -1.77. The summed E-state index contributed by atoms with van der Waals surface area (Å²) in [7, 11) is 0. The highest BCUT2D eigenvalue weighted by atomic mass is 127. The average Bonchev–Trinajstić information content (AvgIpc) is 2.29. The molecule has 0 aliphatic heterocycles. The van der Waals surface area contributed by atoms with Gasteiger partial charge in [-0.3, -0.25) is 10.1 Å². The lowest BCUT2D eigenvalue weighted by molar-refractivity contribution is -0.385. The predicted octanol–water partition coefficient (Wildman–Crippen LogP) is 2.78. The maximum absolute atomic E-state index is 10.7. The third-order valence-corrected chi connectivity index (χ3v) is 2.46. The van der Waals surface area contributed by atoms with Crippen molar-refractivity contribution < 1.29 is 9.66 Å². The quantitative estimate of drug-likeness (QED) is 0.487. The first-order valence-electron chi connectivity index (χ1n) is 4.53. The van der Waals surface area contributed by atoms with Crippen molar-refractivity contribution in [3.8, 4) is 11.5 Å². The van der Waals surface area contributed by atoms with E-state index in [1.165, 1.54) is 30.9 Å². The maximum Gasteiger partial charge on any atom is 0.274 e. The largest absolute Gasteiger partial charge is 0.454 e. The van der Waals surface area contributed by atoms with Gasteiger partial charge >= 0.3 is 0 Å². The van der Waals surface area contributed by atoms with Crippen LogP contribution in [0.25, 0.3) is 0 Å². The first-order valence-corrected chi connectivity index (χ1v) is 5.61. The minimum Gasteiger partial charge on any atom is -0.454 e. The Morgan fingerprint density at radius 3 is 2.53 bits per heavy atom. The fourth-order valence-corrected chi connectivity index (χ4v) is 1.81. The van der Waals surface area contributed by atoms with E-state index in [4.69, 9.17) is 4.74 Å². The molecule has 0 unspecified atom stereocenters. The standard InChI is InChI=1S/C10H6IN3O3/c11-7-1-8(14(15)16)3-9(2-7)17-10-4-12-6-13-5-10/h1-6H. The van der Waals surface area contributed by atoms with E-state index in [0.717, 1.165) is 3.57 Å². The highest BCUT2D eigenvalue weighted by molar-refractivity contribution is 14.1. The summed E-state index contributed by atoms with van der Waals surface area (Å²) < 4.78 is 6.14. The minimum atomic E-state index is -0.462. The van der Waals surface area contributed by atoms with Crippen LogP contribution in [0.4, 0.5) is 5.69 Å². The van der Waals surface area contributed by atoms with Gasteiger partial charge in [-0.15, -0.1) is 0 Å². The number of rotatable bonds is 3. The molecule has 0 spiro atoms. The van der Waals surface area contributed by atoms with Crippen molar-refractivity contribution in [2.45, 2.75) is 0 Å². The van der Waals surface area contributed by atoms with Gasteiger partial charge in [0, 0.05) is 9.64 Å². The van der Waals surface area contributed by atoms with Crippen molar-refractivity contribution in [2.75, 3.05) is 0 Å². The van der Waals surface area contributed by atoms with E-state index in [1.54, 1.807) is 6.07 Å².